The molecule has 0 radical (unpaired) electrons. The molecular formula is C14H17F3N2O2. The van der Waals surface area contributed by atoms with Crippen LogP contribution in [-0.4, -0.2) is 37.9 Å². The minimum absolute atomic E-state index is 0.0598. The molecule has 1 fully saturated rings. The van der Waals surface area contributed by atoms with Crippen molar-refractivity contribution in [3.63, 3.8) is 0 Å². The van der Waals surface area contributed by atoms with Gasteiger partial charge in [-0.2, -0.15) is 13.2 Å². The topological polar surface area (TPSA) is 50.4 Å². The van der Waals surface area contributed by atoms with Gasteiger partial charge in [-0.25, -0.2) is 0 Å². The molecule has 1 unspecified atom stereocenters. The maximum Gasteiger partial charge on any atom is 0.389 e. The number of carbonyl (C=O) groups is 1. The Bertz CT molecular complexity index is 468. The van der Waals surface area contributed by atoms with Crippen LogP contribution in [0.2, 0.25) is 0 Å². The largest absolute Gasteiger partial charge is 0.389 e. The highest BCUT2D eigenvalue weighted by Crippen LogP contribution is 2.22. The first kappa shape index (κ1) is 15.8. The summed E-state index contributed by atoms with van der Waals surface area (Å²) in [5.74, 6) is -0.210. The van der Waals surface area contributed by atoms with Crippen LogP contribution in [0.5, 0.6) is 0 Å². The van der Waals surface area contributed by atoms with Crippen LogP contribution in [0.1, 0.15) is 12.0 Å². The first-order valence-corrected chi connectivity index (χ1v) is 6.72. The van der Waals surface area contributed by atoms with E-state index in [2.05, 4.69) is 10.6 Å². The molecule has 2 N–H and O–H groups in total. The van der Waals surface area contributed by atoms with E-state index in [1.807, 2.05) is 0 Å². The molecule has 1 aliphatic rings. The van der Waals surface area contributed by atoms with Crippen molar-refractivity contribution in [2.75, 3.05) is 25.1 Å². The lowest BCUT2D eigenvalue weighted by Gasteiger charge is -2.22. The first-order valence-electron chi connectivity index (χ1n) is 6.72. The molecule has 7 heteroatoms. The average Bonchev–Trinajstić information content (AvgIpc) is 2.46. The number of morpholine rings is 1. The van der Waals surface area contributed by atoms with Gasteiger partial charge in [0, 0.05) is 18.7 Å². The van der Waals surface area contributed by atoms with Crippen molar-refractivity contribution in [1.82, 2.24) is 5.32 Å². The summed E-state index contributed by atoms with van der Waals surface area (Å²) in [6, 6.07) is 5.99. The Morgan fingerprint density at radius 2 is 2.05 bits per heavy atom. The Labute approximate surface area is 120 Å². The molecule has 1 heterocycles. The highest BCUT2D eigenvalue weighted by molar-refractivity contribution is 5.95. The van der Waals surface area contributed by atoms with Crippen LogP contribution < -0.4 is 10.6 Å². The van der Waals surface area contributed by atoms with Crippen LogP contribution >= 0.6 is 0 Å². The zero-order valence-electron chi connectivity index (χ0n) is 11.4. The lowest BCUT2D eigenvalue weighted by molar-refractivity contribution is -0.134. The summed E-state index contributed by atoms with van der Waals surface area (Å²) in [5, 5.41) is 5.73. The number of anilines is 1. The number of rotatable bonds is 4. The summed E-state index contributed by atoms with van der Waals surface area (Å²) in [7, 11) is 0. The first-order chi connectivity index (χ1) is 9.94. The monoisotopic (exact) mass is 302 g/mol. The van der Waals surface area contributed by atoms with Gasteiger partial charge in [-0.1, -0.05) is 12.1 Å². The van der Waals surface area contributed by atoms with Crippen molar-refractivity contribution in [2.24, 2.45) is 0 Å². The van der Waals surface area contributed by atoms with Crippen LogP contribution in [0, 0.1) is 0 Å². The minimum Gasteiger partial charge on any atom is -0.378 e. The number of hydrogen-bond acceptors (Lipinski definition) is 3. The van der Waals surface area contributed by atoms with Crippen LogP contribution in [0.3, 0.4) is 0 Å². The Hall–Kier alpha value is -1.60. The van der Waals surface area contributed by atoms with Crippen molar-refractivity contribution in [1.29, 1.82) is 0 Å². The van der Waals surface area contributed by atoms with Gasteiger partial charge in [0.15, 0.2) is 0 Å². The Kier molecular flexibility index (Phi) is 5.19. The number of halogens is 3. The molecule has 21 heavy (non-hydrogen) atoms. The fourth-order valence-corrected chi connectivity index (χ4v) is 2.00. The van der Waals surface area contributed by atoms with Crippen LogP contribution in [0.25, 0.3) is 0 Å². The van der Waals surface area contributed by atoms with Crippen molar-refractivity contribution in [3.05, 3.63) is 29.8 Å². The Morgan fingerprint density at radius 3 is 2.62 bits per heavy atom. The van der Waals surface area contributed by atoms with E-state index in [9.17, 15) is 18.0 Å². The SMILES string of the molecule is O=C(Nc1ccc(CCC(F)(F)F)cc1)C1COCCN1. The molecule has 1 atom stereocenters. The van der Waals surface area contributed by atoms with Crippen LogP contribution in [0.15, 0.2) is 24.3 Å². The van der Waals surface area contributed by atoms with E-state index in [1.165, 1.54) is 0 Å². The van der Waals surface area contributed by atoms with Gasteiger partial charge in [0.25, 0.3) is 0 Å². The molecule has 1 aromatic rings. The molecular weight excluding hydrogens is 285 g/mol. The lowest BCUT2D eigenvalue weighted by Crippen LogP contribution is -2.48. The third-order valence-electron chi connectivity index (χ3n) is 3.16. The number of ether oxygens (including phenoxy) is 1. The van der Waals surface area contributed by atoms with E-state index in [4.69, 9.17) is 4.74 Å². The third kappa shape index (κ3) is 5.35. The number of alkyl halides is 3. The molecule has 1 aliphatic heterocycles. The summed E-state index contributed by atoms with van der Waals surface area (Å²) in [5.41, 5.74) is 1.15. The number of carbonyl (C=O) groups excluding carboxylic acids is 1. The second-order valence-corrected chi connectivity index (χ2v) is 4.88. The highest BCUT2D eigenvalue weighted by atomic mass is 19.4. The summed E-state index contributed by atoms with van der Waals surface area (Å²) < 4.78 is 41.6. The van der Waals surface area contributed by atoms with E-state index in [-0.39, 0.29) is 12.3 Å². The van der Waals surface area contributed by atoms with Gasteiger partial charge in [-0.15, -0.1) is 0 Å². The fraction of sp³-hybridized carbons (Fsp3) is 0.500. The summed E-state index contributed by atoms with van der Waals surface area (Å²) in [4.78, 5) is 11.9. The molecule has 2 rings (SSSR count). The van der Waals surface area contributed by atoms with Gasteiger partial charge in [0.1, 0.15) is 6.04 Å². The normalized spacial score (nSPS) is 19.3. The Morgan fingerprint density at radius 1 is 1.33 bits per heavy atom. The second-order valence-electron chi connectivity index (χ2n) is 4.88. The maximum atomic E-state index is 12.1. The van der Waals surface area contributed by atoms with Crippen LogP contribution in [-0.2, 0) is 16.0 Å². The Balaban J connectivity index is 1.85. The predicted octanol–water partition coefficient (Wildman–Crippen LogP) is 2.11. The number of amides is 1. The molecule has 0 aromatic heterocycles. The lowest BCUT2D eigenvalue weighted by atomic mass is 10.1. The van der Waals surface area contributed by atoms with Crippen molar-refractivity contribution >= 4 is 11.6 Å². The van der Waals surface area contributed by atoms with Crippen molar-refractivity contribution < 1.29 is 22.7 Å². The van der Waals surface area contributed by atoms with Crippen LogP contribution in [0.4, 0.5) is 18.9 Å². The zero-order valence-corrected chi connectivity index (χ0v) is 11.4. The molecule has 1 aromatic carbocycles. The maximum absolute atomic E-state index is 12.1. The van der Waals surface area contributed by atoms with Crippen molar-refractivity contribution in [3.8, 4) is 0 Å². The summed E-state index contributed by atoms with van der Waals surface area (Å²) in [6.45, 7) is 1.52. The van der Waals surface area contributed by atoms with Gasteiger partial charge in [0.05, 0.1) is 13.2 Å². The van der Waals surface area contributed by atoms with E-state index < -0.39 is 18.6 Å². The van der Waals surface area contributed by atoms with E-state index >= 15 is 0 Å². The number of benzene rings is 1. The molecule has 0 bridgehead atoms. The van der Waals surface area contributed by atoms with Crippen molar-refractivity contribution in [2.45, 2.75) is 25.1 Å². The van der Waals surface area contributed by atoms with Gasteiger partial charge in [0.2, 0.25) is 5.91 Å². The summed E-state index contributed by atoms with van der Waals surface area (Å²) in [6.07, 6.45) is -5.06. The van der Waals surface area contributed by atoms with Gasteiger partial charge < -0.3 is 15.4 Å². The average molecular weight is 302 g/mol. The standard InChI is InChI=1S/C14H17F3N2O2/c15-14(16,17)6-5-10-1-3-11(4-2-10)19-13(20)12-9-21-8-7-18-12/h1-4,12,18H,5-9H2,(H,19,20). The molecule has 0 aliphatic carbocycles. The van der Waals surface area contributed by atoms with E-state index in [1.54, 1.807) is 24.3 Å². The van der Waals surface area contributed by atoms with E-state index in [0.717, 1.165) is 0 Å². The molecule has 4 nitrogen and oxygen atoms in total. The highest BCUT2D eigenvalue weighted by Gasteiger charge is 2.26. The smallest absolute Gasteiger partial charge is 0.378 e. The number of hydrogen-bond donors (Lipinski definition) is 2. The minimum atomic E-state index is -4.15. The molecule has 0 spiro atoms. The zero-order chi connectivity index (χ0) is 15.3. The number of aryl methyl sites for hydroxylation is 1. The number of nitrogens with one attached hydrogen (secondary N) is 2. The van der Waals surface area contributed by atoms with E-state index in [0.29, 0.717) is 31.0 Å². The molecule has 116 valence electrons. The quantitative estimate of drug-likeness (QED) is 0.895. The third-order valence-corrected chi connectivity index (χ3v) is 3.16. The molecule has 1 amide bonds. The fourth-order valence-electron chi connectivity index (χ4n) is 2.00. The molecule has 0 saturated carbocycles. The van der Waals surface area contributed by atoms with Gasteiger partial charge in [-0.05, 0) is 24.1 Å². The van der Waals surface area contributed by atoms with Gasteiger partial charge >= 0.3 is 6.18 Å². The van der Waals surface area contributed by atoms with Gasteiger partial charge in [-0.3, -0.25) is 4.79 Å². The predicted molar refractivity (Wildman–Crippen MR) is 72.1 cm³/mol. The summed E-state index contributed by atoms with van der Waals surface area (Å²) >= 11 is 0. The second kappa shape index (κ2) is 6.91. The molecule has 1 saturated heterocycles.